The number of aliphatic hydroxyl groups is 1. The van der Waals surface area contributed by atoms with Crippen LogP contribution >= 0.6 is 24.0 Å². The topological polar surface area (TPSA) is 85.8 Å². The normalized spacial score (nSPS) is 11.9. The van der Waals surface area contributed by atoms with Gasteiger partial charge in [-0.05, 0) is 45.4 Å². The van der Waals surface area contributed by atoms with Crippen LogP contribution in [0.1, 0.15) is 60.3 Å². The Labute approximate surface area is 164 Å². The molecule has 0 aromatic rings. The standard InChI is InChI=1S/C17H36N4O2.HI/c1-6-17(7-2,10-12-22)13-20-16(18-8-3)19-11-9-15(23)21-14(4)5;/h14,22H,6-13H2,1-5H3,(H,21,23)(H2,18,19,20);1H. The molecule has 0 heterocycles. The first-order chi connectivity index (χ1) is 10.9. The minimum absolute atomic E-state index is 0. The number of hydrogen-bond acceptors (Lipinski definition) is 3. The predicted octanol–water partition coefficient (Wildman–Crippen LogP) is 2.26. The van der Waals surface area contributed by atoms with Crippen LogP contribution in [0.2, 0.25) is 0 Å². The summed E-state index contributed by atoms with van der Waals surface area (Å²) in [5, 5.41) is 18.6. The van der Waals surface area contributed by atoms with Gasteiger partial charge in [0, 0.05) is 38.7 Å². The lowest BCUT2D eigenvalue weighted by atomic mass is 9.79. The fourth-order valence-electron chi connectivity index (χ4n) is 2.42. The van der Waals surface area contributed by atoms with Crippen LogP contribution in [0.25, 0.3) is 0 Å². The monoisotopic (exact) mass is 456 g/mol. The fraction of sp³-hybridized carbons (Fsp3) is 0.882. The number of carbonyl (C=O) groups is 1. The molecule has 1 amide bonds. The van der Waals surface area contributed by atoms with Gasteiger partial charge >= 0.3 is 0 Å². The zero-order valence-electron chi connectivity index (χ0n) is 15.9. The molecule has 0 aliphatic carbocycles. The molecular formula is C17H37IN4O2. The second kappa shape index (κ2) is 14.7. The van der Waals surface area contributed by atoms with E-state index in [0.29, 0.717) is 19.5 Å². The summed E-state index contributed by atoms with van der Waals surface area (Å²) in [6, 6.07) is 0.164. The molecule has 6 nitrogen and oxygen atoms in total. The van der Waals surface area contributed by atoms with Crippen molar-refractivity contribution in [2.24, 2.45) is 10.4 Å². The number of rotatable bonds is 11. The lowest BCUT2D eigenvalue weighted by Crippen LogP contribution is -2.41. The van der Waals surface area contributed by atoms with Crippen molar-refractivity contribution < 1.29 is 9.90 Å². The number of amides is 1. The molecule has 0 saturated heterocycles. The van der Waals surface area contributed by atoms with Crippen LogP contribution in [0.15, 0.2) is 4.99 Å². The molecule has 144 valence electrons. The van der Waals surface area contributed by atoms with E-state index >= 15 is 0 Å². The van der Waals surface area contributed by atoms with Crippen molar-refractivity contribution in [1.29, 1.82) is 0 Å². The van der Waals surface area contributed by atoms with Crippen molar-refractivity contribution in [2.45, 2.75) is 66.3 Å². The lowest BCUT2D eigenvalue weighted by Gasteiger charge is -2.29. The maximum atomic E-state index is 11.6. The van der Waals surface area contributed by atoms with Gasteiger partial charge in [0.15, 0.2) is 5.96 Å². The van der Waals surface area contributed by atoms with Crippen molar-refractivity contribution >= 4 is 35.8 Å². The van der Waals surface area contributed by atoms with Crippen LogP contribution in [-0.4, -0.2) is 49.3 Å². The molecule has 0 fully saturated rings. The third-order valence-corrected chi connectivity index (χ3v) is 4.15. The van der Waals surface area contributed by atoms with Crippen molar-refractivity contribution in [3.05, 3.63) is 0 Å². The highest BCUT2D eigenvalue weighted by Crippen LogP contribution is 2.30. The molecule has 0 aromatic carbocycles. The van der Waals surface area contributed by atoms with E-state index in [2.05, 4.69) is 34.8 Å². The number of carbonyl (C=O) groups excluding carboxylic acids is 1. The van der Waals surface area contributed by atoms with E-state index in [-0.39, 0.29) is 47.9 Å². The average molecular weight is 456 g/mol. The van der Waals surface area contributed by atoms with Gasteiger partial charge in [-0.25, -0.2) is 0 Å². The predicted molar refractivity (Wildman–Crippen MR) is 112 cm³/mol. The Kier molecular flexibility index (Phi) is 15.8. The molecule has 0 spiro atoms. The molecule has 0 bridgehead atoms. The quantitative estimate of drug-likeness (QED) is 0.218. The zero-order valence-corrected chi connectivity index (χ0v) is 18.3. The first-order valence-electron chi connectivity index (χ1n) is 8.85. The number of guanidine groups is 1. The lowest BCUT2D eigenvalue weighted by molar-refractivity contribution is -0.121. The molecule has 7 heteroatoms. The van der Waals surface area contributed by atoms with Crippen molar-refractivity contribution in [2.75, 3.05) is 26.2 Å². The van der Waals surface area contributed by atoms with Crippen molar-refractivity contribution in [1.82, 2.24) is 16.0 Å². The van der Waals surface area contributed by atoms with Crippen LogP contribution in [0.5, 0.6) is 0 Å². The summed E-state index contributed by atoms with van der Waals surface area (Å²) in [4.78, 5) is 16.3. The first kappa shape index (κ1) is 25.7. The summed E-state index contributed by atoms with van der Waals surface area (Å²) in [5.41, 5.74) is 0.0477. The summed E-state index contributed by atoms with van der Waals surface area (Å²) in [5.74, 6) is 0.772. The SMILES string of the molecule is CCNC(=NCC(CC)(CC)CCO)NCCC(=O)NC(C)C.I. The zero-order chi connectivity index (χ0) is 17.7. The molecular weight excluding hydrogens is 419 g/mol. The van der Waals surface area contributed by atoms with Gasteiger partial charge in [0.1, 0.15) is 0 Å². The third kappa shape index (κ3) is 11.1. The van der Waals surface area contributed by atoms with Crippen molar-refractivity contribution in [3.8, 4) is 0 Å². The number of aliphatic hydroxyl groups excluding tert-OH is 1. The third-order valence-electron chi connectivity index (χ3n) is 4.15. The summed E-state index contributed by atoms with van der Waals surface area (Å²) in [6.45, 7) is 12.4. The molecule has 0 aliphatic rings. The maximum Gasteiger partial charge on any atom is 0.221 e. The van der Waals surface area contributed by atoms with E-state index in [1.54, 1.807) is 0 Å². The molecule has 0 saturated carbocycles. The van der Waals surface area contributed by atoms with Crippen LogP contribution in [0.3, 0.4) is 0 Å². The minimum atomic E-state index is 0. The summed E-state index contributed by atoms with van der Waals surface area (Å²) in [6.07, 6.45) is 3.17. The van der Waals surface area contributed by atoms with E-state index in [0.717, 1.165) is 31.8 Å². The smallest absolute Gasteiger partial charge is 0.221 e. The summed E-state index contributed by atoms with van der Waals surface area (Å²) in [7, 11) is 0. The van der Waals surface area contributed by atoms with Crippen molar-refractivity contribution in [3.63, 3.8) is 0 Å². The van der Waals surface area contributed by atoms with E-state index in [1.807, 2.05) is 20.8 Å². The van der Waals surface area contributed by atoms with E-state index in [9.17, 15) is 9.90 Å². The first-order valence-corrected chi connectivity index (χ1v) is 8.85. The number of nitrogens with zero attached hydrogens (tertiary/aromatic N) is 1. The van der Waals surface area contributed by atoms with Gasteiger partial charge in [-0.3, -0.25) is 9.79 Å². The number of halogens is 1. The Balaban J connectivity index is 0. The molecule has 0 rings (SSSR count). The summed E-state index contributed by atoms with van der Waals surface area (Å²) < 4.78 is 0. The number of aliphatic imine (C=N–C) groups is 1. The van der Waals surface area contributed by atoms with Crippen LogP contribution in [0, 0.1) is 5.41 Å². The minimum Gasteiger partial charge on any atom is -0.396 e. The maximum absolute atomic E-state index is 11.6. The molecule has 0 aromatic heterocycles. The number of nitrogens with one attached hydrogen (secondary N) is 3. The van der Waals surface area contributed by atoms with E-state index in [1.165, 1.54) is 0 Å². The Morgan fingerprint density at radius 2 is 1.79 bits per heavy atom. The highest BCUT2D eigenvalue weighted by atomic mass is 127. The van der Waals surface area contributed by atoms with Gasteiger partial charge in [-0.2, -0.15) is 0 Å². The Bertz CT molecular complexity index is 358. The van der Waals surface area contributed by atoms with Crippen LogP contribution in [-0.2, 0) is 4.79 Å². The Morgan fingerprint density at radius 1 is 1.17 bits per heavy atom. The Morgan fingerprint density at radius 3 is 2.25 bits per heavy atom. The van der Waals surface area contributed by atoms with Crippen LogP contribution in [0.4, 0.5) is 0 Å². The largest absolute Gasteiger partial charge is 0.396 e. The molecule has 0 atom stereocenters. The van der Waals surface area contributed by atoms with Gasteiger partial charge < -0.3 is 21.1 Å². The van der Waals surface area contributed by atoms with Gasteiger partial charge in [0.2, 0.25) is 5.91 Å². The van der Waals surface area contributed by atoms with Crippen LogP contribution < -0.4 is 16.0 Å². The van der Waals surface area contributed by atoms with Gasteiger partial charge in [0.05, 0.1) is 0 Å². The fourth-order valence-corrected chi connectivity index (χ4v) is 2.42. The molecule has 0 aliphatic heterocycles. The molecule has 0 unspecified atom stereocenters. The average Bonchev–Trinajstić information content (AvgIpc) is 2.50. The summed E-state index contributed by atoms with van der Waals surface area (Å²) >= 11 is 0. The second-order valence-corrected chi connectivity index (χ2v) is 6.27. The highest BCUT2D eigenvalue weighted by molar-refractivity contribution is 14.0. The Hall–Kier alpha value is -0.570. The van der Waals surface area contributed by atoms with E-state index in [4.69, 9.17) is 0 Å². The second-order valence-electron chi connectivity index (χ2n) is 6.27. The van der Waals surface area contributed by atoms with E-state index < -0.39 is 0 Å². The molecule has 4 N–H and O–H groups in total. The van der Waals surface area contributed by atoms with Gasteiger partial charge in [-0.15, -0.1) is 24.0 Å². The van der Waals surface area contributed by atoms with Gasteiger partial charge in [0.25, 0.3) is 0 Å². The molecule has 24 heavy (non-hydrogen) atoms. The highest BCUT2D eigenvalue weighted by Gasteiger charge is 2.25. The molecule has 0 radical (unpaired) electrons. The van der Waals surface area contributed by atoms with Gasteiger partial charge in [-0.1, -0.05) is 13.8 Å². The number of hydrogen-bond donors (Lipinski definition) is 4.